The highest BCUT2D eigenvalue weighted by atomic mass is 19.4. The minimum atomic E-state index is -4.90. The second kappa shape index (κ2) is 9.75. The van der Waals surface area contributed by atoms with E-state index in [1.807, 2.05) is 0 Å². The number of halogens is 4. The number of rotatable bonds is 6. The van der Waals surface area contributed by atoms with Crippen LogP contribution in [0.5, 0.6) is 0 Å². The van der Waals surface area contributed by atoms with Gasteiger partial charge in [0.2, 0.25) is 0 Å². The number of hydrogen-bond acceptors (Lipinski definition) is 5. The van der Waals surface area contributed by atoms with Crippen LogP contribution in [0, 0.1) is 17.1 Å². The van der Waals surface area contributed by atoms with E-state index in [-0.39, 0.29) is 23.6 Å². The van der Waals surface area contributed by atoms with Crippen LogP contribution in [-0.4, -0.2) is 35.0 Å². The number of nitrogens with zero attached hydrogens (tertiary/aromatic N) is 4. The zero-order chi connectivity index (χ0) is 28.7. The third kappa shape index (κ3) is 4.86. The van der Waals surface area contributed by atoms with Crippen LogP contribution in [0.25, 0.3) is 0 Å². The average molecular weight is 539 g/mol. The Kier molecular flexibility index (Phi) is 6.78. The number of para-hydroxylation sites is 1. The van der Waals surface area contributed by atoms with E-state index in [4.69, 9.17) is 11.0 Å². The molecular formula is C27H21F4N5O3. The predicted octanol–water partition coefficient (Wildman–Crippen LogP) is 5.16. The molecule has 0 aliphatic carbocycles. The fraction of sp³-hybridized carbons (Fsp3) is 0.185. The Balaban J connectivity index is 1.81. The Labute approximate surface area is 220 Å². The lowest BCUT2D eigenvalue weighted by molar-refractivity contribution is -0.137. The maximum atomic E-state index is 14.0. The molecule has 12 heteroatoms. The van der Waals surface area contributed by atoms with Crippen molar-refractivity contribution in [2.24, 2.45) is 5.73 Å². The summed E-state index contributed by atoms with van der Waals surface area (Å²) in [6.07, 6.45) is -4.90. The molecular weight excluding hydrogens is 518 g/mol. The molecule has 1 saturated heterocycles. The van der Waals surface area contributed by atoms with Crippen LogP contribution in [-0.2, 0) is 11.0 Å². The van der Waals surface area contributed by atoms with E-state index >= 15 is 0 Å². The number of anilines is 3. The quantitative estimate of drug-likeness (QED) is 0.344. The Morgan fingerprint density at radius 3 is 2.31 bits per heavy atom. The van der Waals surface area contributed by atoms with Crippen LogP contribution in [0.1, 0.15) is 35.3 Å². The van der Waals surface area contributed by atoms with Crippen LogP contribution < -0.4 is 15.5 Å². The van der Waals surface area contributed by atoms with E-state index in [0.29, 0.717) is 16.7 Å². The number of imide groups is 1. The third-order valence-electron chi connectivity index (χ3n) is 6.38. The maximum absolute atomic E-state index is 14.0. The first kappa shape index (κ1) is 27.1. The maximum Gasteiger partial charge on any atom is 0.417 e. The van der Waals surface area contributed by atoms with Gasteiger partial charge in [0.25, 0.3) is 11.8 Å². The third-order valence-corrected chi connectivity index (χ3v) is 6.38. The fourth-order valence-corrected chi connectivity index (χ4v) is 4.29. The highest BCUT2D eigenvalue weighted by molar-refractivity contribution is 6.23. The Morgan fingerprint density at radius 1 is 1.05 bits per heavy atom. The van der Waals surface area contributed by atoms with Crippen molar-refractivity contribution in [2.45, 2.75) is 25.6 Å². The number of hydrogen-bond donors (Lipinski definition) is 1. The smallest absolute Gasteiger partial charge is 0.366 e. The standard InChI is InChI=1S/C27H21F4N5O3/c1-26(2)24(38)36(19-10-8-16(14-32)21(13-19)27(29,30)31)25(39)35(26)15-34(18-6-4-3-5-7-18)22-11-9-17(28)12-20(22)23(33)37/h3-13H,15H2,1-2H3,(H2,33,37). The van der Waals surface area contributed by atoms with Crippen LogP contribution in [0.3, 0.4) is 0 Å². The number of nitriles is 1. The van der Waals surface area contributed by atoms with Gasteiger partial charge in [-0.2, -0.15) is 18.4 Å². The monoisotopic (exact) mass is 539 g/mol. The summed E-state index contributed by atoms with van der Waals surface area (Å²) < 4.78 is 54.7. The molecule has 4 rings (SSSR count). The summed E-state index contributed by atoms with van der Waals surface area (Å²) in [5.41, 5.74) is 2.04. The summed E-state index contributed by atoms with van der Waals surface area (Å²) in [4.78, 5) is 42.4. The van der Waals surface area contributed by atoms with Crippen LogP contribution >= 0.6 is 0 Å². The van der Waals surface area contributed by atoms with Crippen LogP contribution in [0.15, 0.2) is 66.7 Å². The molecule has 0 bridgehead atoms. The molecule has 1 heterocycles. The zero-order valence-corrected chi connectivity index (χ0v) is 20.7. The number of carbonyl (C=O) groups is 3. The molecule has 4 amide bonds. The van der Waals surface area contributed by atoms with Crippen molar-refractivity contribution in [2.75, 3.05) is 16.5 Å². The minimum Gasteiger partial charge on any atom is -0.366 e. The van der Waals surface area contributed by atoms with Gasteiger partial charge in [-0.05, 0) is 62.4 Å². The van der Waals surface area contributed by atoms with Gasteiger partial charge < -0.3 is 10.6 Å². The molecule has 0 unspecified atom stereocenters. The Bertz CT molecular complexity index is 1520. The number of carbonyl (C=O) groups excluding carboxylic acids is 3. The van der Waals surface area contributed by atoms with Gasteiger partial charge in [-0.3, -0.25) is 14.5 Å². The highest BCUT2D eigenvalue weighted by Crippen LogP contribution is 2.39. The summed E-state index contributed by atoms with van der Waals surface area (Å²) in [5.74, 6) is -2.47. The lowest BCUT2D eigenvalue weighted by Crippen LogP contribution is -2.49. The van der Waals surface area contributed by atoms with Crippen LogP contribution in [0.4, 0.5) is 39.4 Å². The summed E-state index contributed by atoms with van der Waals surface area (Å²) >= 11 is 0. The van der Waals surface area contributed by atoms with E-state index in [0.717, 1.165) is 29.2 Å². The van der Waals surface area contributed by atoms with E-state index in [9.17, 15) is 31.9 Å². The molecule has 0 saturated carbocycles. The molecule has 1 fully saturated rings. The van der Waals surface area contributed by atoms with Gasteiger partial charge in [0.05, 0.1) is 34.1 Å². The second-order valence-corrected chi connectivity index (χ2v) is 9.18. The fourth-order valence-electron chi connectivity index (χ4n) is 4.29. The molecule has 3 aromatic rings. The molecule has 0 radical (unpaired) electrons. The average Bonchev–Trinajstić information content (AvgIpc) is 3.05. The first-order chi connectivity index (χ1) is 18.3. The van der Waals surface area contributed by atoms with E-state index in [2.05, 4.69) is 0 Å². The molecule has 39 heavy (non-hydrogen) atoms. The van der Waals surface area contributed by atoms with Gasteiger partial charge in [0, 0.05) is 5.69 Å². The van der Waals surface area contributed by atoms with E-state index in [1.165, 1.54) is 30.9 Å². The molecule has 0 atom stereocenters. The highest BCUT2D eigenvalue weighted by Gasteiger charge is 2.53. The lowest BCUT2D eigenvalue weighted by atomic mass is 10.0. The van der Waals surface area contributed by atoms with Crippen LogP contribution in [0.2, 0.25) is 0 Å². The number of benzene rings is 3. The summed E-state index contributed by atoms with van der Waals surface area (Å²) in [6.45, 7) is 2.49. The predicted molar refractivity (Wildman–Crippen MR) is 133 cm³/mol. The number of urea groups is 1. The molecule has 3 aromatic carbocycles. The van der Waals surface area contributed by atoms with Crippen molar-refractivity contribution in [3.8, 4) is 6.07 Å². The summed E-state index contributed by atoms with van der Waals surface area (Å²) in [6, 6.07) is 14.8. The van der Waals surface area contributed by atoms with Crippen molar-refractivity contribution in [1.82, 2.24) is 4.90 Å². The number of amides is 4. The summed E-state index contributed by atoms with van der Waals surface area (Å²) in [5, 5.41) is 9.09. The SMILES string of the molecule is CC1(C)C(=O)N(c2ccc(C#N)c(C(F)(F)F)c2)C(=O)N1CN(c1ccccc1)c1ccc(F)cc1C(N)=O. The second-order valence-electron chi connectivity index (χ2n) is 9.18. The molecule has 2 N–H and O–H groups in total. The molecule has 1 aliphatic rings. The normalized spacial score (nSPS) is 14.9. The summed E-state index contributed by atoms with van der Waals surface area (Å²) in [7, 11) is 0. The molecule has 0 aromatic heterocycles. The Morgan fingerprint density at radius 2 is 1.72 bits per heavy atom. The van der Waals surface area contributed by atoms with Crippen molar-refractivity contribution < 1.29 is 31.9 Å². The lowest BCUT2D eigenvalue weighted by Gasteiger charge is -2.35. The molecule has 0 spiro atoms. The minimum absolute atomic E-state index is 0.141. The van der Waals surface area contributed by atoms with Gasteiger partial charge in [0.1, 0.15) is 18.0 Å². The zero-order valence-electron chi connectivity index (χ0n) is 20.7. The molecule has 200 valence electrons. The Hall–Kier alpha value is -4.92. The number of nitrogens with two attached hydrogens (primary N) is 1. The largest absolute Gasteiger partial charge is 0.417 e. The van der Waals surface area contributed by atoms with Crippen molar-refractivity contribution in [3.05, 3.63) is 89.2 Å². The van der Waals surface area contributed by atoms with E-state index < -0.39 is 46.5 Å². The van der Waals surface area contributed by atoms with Gasteiger partial charge in [-0.1, -0.05) is 18.2 Å². The van der Waals surface area contributed by atoms with E-state index in [1.54, 1.807) is 30.3 Å². The van der Waals surface area contributed by atoms with Gasteiger partial charge in [0.15, 0.2) is 0 Å². The van der Waals surface area contributed by atoms with Crippen molar-refractivity contribution in [1.29, 1.82) is 5.26 Å². The molecule has 1 aliphatic heterocycles. The van der Waals surface area contributed by atoms with Gasteiger partial charge >= 0.3 is 12.2 Å². The van der Waals surface area contributed by atoms with Crippen molar-refractivity contribution in [3.63, 3.8) is 0 Å². The van der Waals surface area contributed by atoms with Crippen molar-refractivity contribution >= 4 is 34.9 Å². The van der Waals surface area contributed by atoms with Gasteiger partial charge in [-0.25, -0.2) is 14.1 Å². The topological polar surface area (TPSA) is 111 Å². The number of primary amides is 1. The molecule has 8 nitrogen and oxygen atoms in total. The first-order valence-corrected chi connectivity index (χ1v) is 11.5. The first-order valence-electron chi connectivity index (χ1n) is 11.5. The number of alkyl halides is 3. The van der Waals surface area contributed by atoms with Gasteiger partial charge in [-0.15, -0.1) is 0 Å².